The first kappa shape index (κ1) is 14.9. The van der Waals surface area contributed by atoms with Gasteiger partial charge in [-0.15, -0.1) is 0 Å². The topological polar surface area (TPSA) is 55.4 Å². The monoisotopic (exact) mass is 237 g/mol. The zero-order valence-electron chi connectivity index (χ0n) is 10.1. The van der Waals surface area contributed by atoms with Crippen molar-refractivity contribution in [1.82, 2.24) is 5.32 Å². The van der Waals surface area contributed by atoms with Gasteiger partial charge in [0.2, 0.25) is 0 Å². The Kier molecular flexibility index (Phi) is 7.13. The molecule has 4 nitrogen and oxygen atoms in total. The van der Waals surface area contributed by atoms with Gasteiger partial charge in [0.25, 0.3) is 0 Å². The highest BCUT2D eigenvalue weighted by atomic mass is 32.2. The van der Waals surface area contributed by atoms with E-state index in [4.69, 9.17) is 4.74 Å². The van der Waals surface area contributed by atoms with Crippen molar-refractivity contribution < 1.29 is 13.2 Å². The molecule has 0 amide bonds. The second-order valence-corrected chi connectivity index (χ2v) is 6.76. The van der Waals surface area contributed by atoms with Gasteiger partial charge in [-0.3, -0.25) is 0 Å². The summed E-state index contributed by atoms with van der Waals surface area (Å²) in [7, 11) is -2.91. The van der Waals surface area contributed by atoms with Crippen LogP contribution in [0.4, 0.5) is 0 Å². The van der Waals surface area contributed by atoms with Gasteiger partial charge in [-0.2, -0.15) is 0 Å². The van der Waals surface area contributed by atoms with Crippen molar-refractivity contribution in [2.24, 2.45) is 0 Å². The van der Waals surface area contributed by atoms with Crippen LogP contribution in [0.25, 0.3) is 0 Å². The third-order valence-corrected chi connectivity index (χ3v) is 4.22. The first-order valence-electron chi connectivity index (χ1n) is 5.40. The van der Waals surface area contributed by atoms with Crippen molar-refractivity contribution in [3.63, 3.8) is 0 Å². The summed E-state index contributed by atoms with van der Waals surface area (Å²) < 4.78 is 28.1. The van der Waals surface area contributed by atoms with Gasteiger partial charge in [0.1, 0.15) is 0 Å². The highest BCUT2D eigenvalue weighted by Crippen LogP contribution is 1.98. The number of sulfone groups is 1. The van der Waals surface area contributed by atoms with E-state index in [0.29, 0.717) is 19.7 Å². The van der Waals surface area contributed by atoms with Crippen LogP contribution >= 0.6 is 0 Å². The van der Waals surface area contributed by atoms with E-state index in [2.05, 4.69) is 5.32 Å². The van der Waals surface area contributed by atoms with Gasteiger partial charge in [-0.05, 0) is 27.7 Å². The number of hydrogen-bond donors (Lipinski definition) is 1. The van der Waals surface area contributed by atoms with E-state index in [0.717, 1.165) is 0 Å². The van der Waals surface area contributed by atoms with E-state index in [1.807, 2.05) is 13.8 Å². The lowest BCUT2D eigenvalue weighted by Gasteiger charge is -2.10. The van der Waals surface area contributed by atoms with Crippen LogP contribution in [0, 0.1) is 0 Å². The van der Waals surface area contributed by atoms with E-state index in [9.17, 15) is 8.42 Å². The molecular formula is C10H23NO3S. The van der Waals surface area contributed by atoms with Gasteiger partial charge in [0.15, 0.2) is 9.84 Å². The van der Waals surface area contributed by atoms with E-state index in [1.54, 1.807) is 13.8 Å². The van der Waals surface area contributed by atoms with Crippen LogP contribution in [0.5, 0.6) is 0 Å². The zero-order valence-corrected chi connectivity index (χ0v) is 10.9. The average Bonchev–Trinajstić information content (AvgIpc) is 2.10. The Balaban J connectivity index is 3.47. The minimum absolute atomic E-state index is 0.201. The Morgan fingerprint density at radius 2 is 1.73 bits per heavy atom. The van der Waals surface area contributed by atoms with Crippen molar-refractivity contribution in [2.75, 3.05) is 25.4 Å². The molecule has 0 saturated carbocycles. The molecule has 0 fully saturated rings. The Bertz CT molecular complexity index is 247. The molecule has 0 heterocycles. The average molecular weight is 237 g/mol. The molecule has 1 N–H and O–H groups in total. The summed E-state index contributed by atoms with van der Waals surface area (Å²) in [6.07, 6.45) is 0.228. The summed E-state index contributed by atoms with van der Waals surface area (Å²) in [5.74, 6) is 0.201. The first-order chi connectivity index (χ1) is 6.86. The molecule has 0 bridgehead atoms. The van der Waals surface area contributed by atoms with Crippen molar-refractivity contribution in [3.05, 3.63) is 0 Å². The fourth-order valence-electron chi connectivity index (χ4n) is 0.942. The van der Waals surface area contributed by atoms with Gasteiger partial charge in [0, 0.05) is 13.1 Å². The summed E-state index contributed by atoms with van der Waals surface area (Å²) in [6.45, 7) is 9.19. The van der Waals surface area contributed by atoms with Crippen LogP contribution in [0.2, 0.25) is 0 Å². The molecule has 15 heavy (non-hydrogen) atoms. The Morgan fingerprint density at radius 3 is 2.20 bits per heavy atom. The lowest BCUT2D eigenvalue weighted by molar-refractivity contribution is 0.0811. The predicted molar refractivity (Wildman–Crippen MR) is 62.9 cm³/mol. The number of hydrogen-bond acceptors (Lipinski definition) is 4. The maximum Gasteiger partial charge on any atom is 0.153 e. The van der Waals surface area contributed by atoms with Crippen LogP contribution in [0.15, 0.2) is 0 Å². The van der Waals surface area contributed by atoms with Gasteiger partial charge >= 0.3 is 0 Å². The second-order valence-electron chi connectivity index (χ2n) is 4.09. The summed E-state index contributed by atoms with van der Waals surface area (Å²) in [6, 6.07) is 0. The molecule has 92 valence electrons. The number of ether oxygens (including phenoxy) is 1. The molecule has 0 atom stereocenters. The summed E-state index contributed by atoms with van der Waals surface area (Å²) in [5.41, 5.74) is 0. The fourth-order valence-corrected chi connectivity index (χ4v) is 1.84. The molecule has 0 aliphatic rings. The molecule has 0 spiro atoms. The zero-order chi connectivity index (χ0) is 11.9. The maximum atomic E-state index is 11.4. The molecule has 0 aliphatic heterocycles. The van der Waals surface area contributed by atoms with E-state index in [1.165, 1.54) is 0 Å². The van der Waals surface area contributed by atoms with Gasteiger partial charge in [0.05, 0.1) is 23.7 Å². The van der Waals surface area contributed by atoms with Crippen molar-refractivity contribution in [2.45, 2.75) is 39.0 Å². The molecular weight excluding hydrogens is 214 g/mol. The van der Waals surface area contributed by atoms with Crippen LogP contribution < -0.4 is 5.32 Å². The SMILES string of the molecule is CC(C)OCCNCCS(=O)(=O)C(C)C. The first-order valence-corrected chi connectivity index (χ1v) is 7.11. The minimum Gasteiger partial charge on any atom is -0.377 e. The fraction of sp³-hybridized carbons (Fsp3) is 1.00. The number of rotatable bonds is 8. The lowest BCUT2D eigenvalue weighted by atomic mass is 10.5. The number of nitrogens with one attached hydrogen (secondary N) is 1. The minimum atomic E-state index is -2.91. The third kappa shape index (κ3) is 7.76. The van der Waals surface area contributed by atoms with Crippen LogP contribution in [0.1, 0.15) is 27.7 Å². The normalized spacial score (nSPS) is 12.7. The molecule has 0 aromatic rings. The van der Waals surface area contributed by atoms with Gasteiger partial charge < -0.3 is 10.1 Å². The molecule has 5 heteroatoms. The summed E-state index contributed by atoms with van der Waals surface area (Å²) in [4.78, 5) is 0. The molecule has 0 radical (unpaired) electrons. The van der Waals surface area contributed by atoms with Gasteiger partial charge in [-0.1, -0.05) is 0 Å². The van der Waals surface area contributed by atoms with Crippen LogP contribution in [0.3, 0.4) is 0 Å². The van der Waals surface area contributed by atoms with Crippen molar-refractivity contribution in [1.29, 1.82) is 0 Å². The smallest absolute Gasteiger partial charge is 0.153 e. The third-order valence-electron chi connectivity index (χ3n) is 2.01. The molecule has 0 aromatic heterocycles. The molecule has 0 aliphatic carbocycles. The van der Waals surface area contributed by atoms with E-state index < -0.39 is 9.84 Å². The second kappa shape index (κ2) is 7.19. The Morgan fingerprint density at radius 1 is 1.13 bits per heavy atom. The van der Waals surface area contributed by atoms with Crippen molar-refractivity contribution in [3.8, 4) is 0 Å². The van der Waals surface area contributed by atoms with Gasteiger partial charge in [-0.25, -0.2) is 8.42 Å². The lowest BCUT2D eigenvalue weighted by Crippen LogP contribution is -2.29. The Labute approximate surface area is 93.3 Å². The quantitative estimate of drug-likeness (QED) is 0.635. The van der Waals surface area contributed by atoms with E-state index >= 15 is 0 Å². The highest BCUT2D eigenvalue weighted by Gasteiger charge is 2.14. The predicted octanol–water partition coefficient (Wildman–Crippen LogP) is 0.824. The molecule has 0 rings (SSSR count). The largest absolute Gasteiger partial charge is 0.377 e. The summed E-state index contributed by atoms with van der Waals surface area (Å²) >= 11 is 0. The molecule has 0 saturated heterocycles. The molecule has 0 unspecified atom stereocenters. The maximum absolute atomic E-state index is 11.4. The highest BCUT2D eigenvalue weighted by molar-refractivity contribution is 7.92. The molecule has 0 aromatic carbocycles. The van der Waals surface area contributed by atoms with E-state index in [-0.39, 0.29) is 17.1 Å². The standard InChI is InChI=1S/C10H23NO3S/c1-9(2)14-7-5-11-6-8-15(12,13)10(3)4/h9-11H,5-8H2,1-4H3. The van der Waals surface area contributed by atoms with Crippen molar-refractivity contribution >= 4 is 9.84 Å². The Hall–Kier alpha value is -0.130. The summed E-state index contributed by atoms with van der Waals surface area (Å²) in [5, 5.41) is 2.76. The van der Waals surface area contributed by atoms with Crippen LogP contribution in [-0.2, 0) is 14.6 Å². The van der Waals surface area contributed by atoms with Crippen LogP contribution in [-0.4, -0.2) is 45.2 Å².